The number of alkyl halides is 2. The summed E-state index contributed by atoms with van der Waals surface area (Å²) in [6.07, 6.45) is -2.72. The number of nitrogens with one attached hydrogen (secondary N) is 1. The number of hydrogen-bond donors (Lipinski definition) is 1. The van der Waals surface area contributed by atoms with Crippen molar-refractivity contribution in [2.24, 2.45) is 0 Å². The van der Waals surface area contributed by atoms with Crippen molar-refractivity contribution in [3.05, 3.63) is 15.6 Å². The van der Waals surface area contributed by atoms with E-state index in [1.54, 1.807) is 27.7 Å². The molecule has 0 unspecified atom stereocenters. The predicted octanol–water partition coefficient (Wildman–Crippen LogP) is 2.92. The summed E-state index contributed by atoms with van der Waals surface area (Å²) in [4.78, 5) is 15.4. The molecule has 1 rings (SSSR count). The first-order valence-electron chi connectivity index (χ1n) is 4.78. The molecule has 6 heteroatoms. The lowest BCUT2D eigenvalue weighted by Gasteiger charge is -2.20. The molecule has 1 heterocycles. The second-order valence-corrected chi connectivity index (χ2v) is 5.66. The zero-order valence-corrected chi connectivity index (χ0v) is 10.4. The number of amides is 1. The Kier molecular flexibility index (Phi) is 3.62. The second kappa shape index (κ2) is 4.45. The van der Waals surface area contributed by atoms with E-state index in [2.05, 4.69) is 10.3 Å². The Morgan fingerprint density at radius 2 is 2.00 bits per heavy atom. The van der Waals surface area contributed by atoms with Crippen LogP contribution in [0.2, 0.25) is 0 Å². The molecule has 0 fully saturated rings. The van der Waals surface area contributed by atoms with Crippen LogP contribution in [-0.2, 0) is 0 Å². The number of hydrogen-bond acceptors (Lipinski definition) is 3. The fourth-order valence-electron chi connectivity index (χ4n) is 1.15. The van der Waals surface area contributed by atoms with Crippen LogP contribution in [0, 0.1) is 6.92 Å². The molecule has 0 aliphatic heterocycles. The SMILES string of the molecule is Cc1nc(C(F)F)c(C(=O)NC(C)(C)C)s1. The molecule has 0 saturated heterocycles. The van der Waals surface area contributed by atoms with Gasteiger partial charge in [0.25, 0.3) is 12.3 Å². The van der Waals surface area contributed by atoms with Gasteiger partial charge in [0.05, 0.1) is 5.01 Å². The molecule has 0 spiro atoms. The lowest BCUT2D eigenvalue weighted by atomic mass is 10.1. The van der Waals surface area contributed by atoms with Gasteiger partial charge in [-0.05, 0) is 27.7 Å². The maximum atomic E-state index is 12.6. The summed E-state index contributed by atoms with van der Waals surface area (Å²) < 4.78 is 25.2. The highest BCUT2D eigenvalue weighted by Crippen LogP contribution is 2.27. The Labute approximate surface area is 96.9 Å². The highest BCUT2D eigenvalue weighted by molar-refractivity contribution is 7.13. The molecule has 0 bridgehead atoms. The average molecular weight is 248 g/mol. The van der Waals surface area contributed by atoms with E-state index in [4.69, 9.17) is 0 Å². The molecule has 3 nitrogen and oxygen atoms in total. The third kappa shape index (κ3) is 3.23. The highest BCUT2D eigenvalue weighted by atomic mass is 32.1. The van der Waals surface area contributed by atoms with Crippen molar-refractivity contribution in [2.75, 3.05) is 0 Å². The van der Waals surface area contributed by atoms with E-state index in [-0.39, 0.29) is 4.88 Å². The van der Waals surface area contributed by atoms with Gasteiger partial charge >= 0.3 is 0 Å². The summed E-state index contributed by atoms with van der Waals surface area (Å²) in [5.74, 6) is -0.492. The first kappa shape index (κ1) is 13.0. The molecule has 90 valence electrons. The van der Waals surface area contributed by atoms with E-state index in [9.17, 15) is 13.6 Å². The number of aromatic nitrogens is 1. The van der Waals surface area contributed by atoms with E-state index in [1.807, 2.05) is 0 Å². The first-order chi connectivity index (χ1) is 7.20. The normalized spacial score (nSPS) is 11.9. The molecule has 0 aliphatic carbocycles. The fraction of sp³-hybridized carbons (Fsp3) is 0.600. The average Bonchev–Trinajstić information content (AvgIpc) is 2.44. The smallest absolute Gasteiger partial charge is 0.282 e. The van der Waals surface area contributed by atoms with Crippen LogP contribution in [0.25, 0.3) is 0 Å². The van der Waals surface area contributed by atoms with Gasteiger partial charge in [0.1, 0.15) is 10.6 Å². The van der Waals surface area contributed by atoms with Crippen LogP contribution in [0.15, 0.2) is 0 Å². The summed E-state index contributed by atoms with van der Waals surface area (Å²) in [6, 6.07) is 0. The summed E-state index contributed by atoms with van der Waals surface area (Å²) in [7, 11) is 0. The maximum Gasteiger partial charge on any atom is 0.282 e. The minimum Gasteiger partial charge on any atom is -0.347 e. The number of carbonyl (C=O) groups is 1. The van der Waals surface area contributed by atoms with Crippen molar-refractivity contribution in [2.45, 2.75) is 39.7 Å². The number of nitrogens with zero attached hydrogens (tertiary/aromatic N) is 1. The predicted molar refractivity (Wildman–Crippen MR) is 59.0 cm³/mol. The van der Waals surface area contributed by atoms with Crippen LogP contribution in [0.5, 0.6) is 0 Å². The van der Waals surface area contributed by atoms with Crippen molar-refractivity contribution in [3.8, 4) is 0 Å². The van der Waals surface area contributed by atoms with Crippen molar-refractivity contribution in [3.63, 3.8) is 0 Å². The lowest BCUT2D eigenvalue weighted by Crippen LogP contribution is -2.40. The molecule has 0 aliphatic rings. The Morgan fingerprint density at radius 3 is 2.44 bits per heavy atom. The van der Waals surface area contributed by atoms with E-state index in [1.165, 1.54) is 0 Å². The molecule has 1 aromatic heterocycles. The standard InChI is InChI=1S/C10H14F2N2OS/c1-5-13-6(8(11)12)7(16-5)9(15)14-10(2,3)4/h8H,1-4H3,(H,14,15). The van der Waals surface area contributed by atoms with Crippen molar-refractivity contribution >= 4 is 17.2 Å². The highest BCUT2D eigenvalue weighted by Gasteiger charge is 2.25. The van der Waals surface area contributed by atoms with E-state index in [0.717, 1.165) is 11.3 Å². The second-order valence-electron chi connectivity index (χ2n) is 4.45. The molecule has 16 heavy (non-hydrogen) atoms. The van der Waals surface area contributed by atoms with Gasteiger partial charge in [0, 0.05) is 5.54 Å². The minimum atomic E-state index is -2.72. The van der Waals surface area contributed by atoms with Gasteiger partial charge in [0.15, 0.2) is 0 Å². The minimum absolute atomic E-state index is 0.00225. The maximum absolute atomic E-state index is 12.6. The molecule has 0 saturated carbocycles. The Bertz CT molecular complexity index is 396. The van der Waals surface area contributed by atoms with Crippen molar-refractivity contribution < 1.29 is 13.6 Å². The fourth-order valence-corrected chi connectivity index (χ4v) is 1.97. The van der Waals surface area contributed by atoms with Gasteiger partial charge in [-0.3, -0.25) is 4.79 Å². The number of carbonyl (C=O) groups excluding carboxylic acids is 1. The van der Waals surface area contributed by atoms with E-state index >= 15 is 0 Å². The lowest BCUT2D eigenvalue weighted by molar-refractivity contribution is 0.0909. The van der Waals surface area contributed by atoms with Crippen LogP contribution in [-0.4, -0.2) is 16.4 Å². The van der Waals surface area contributed by atoms with Gasteiger partial charge in [0.2, 0.25) is 0 Å². The summed E-state index contributed by atoms with van der Waals surface area (Å²) in [5.41, 5.74) is -0.877. The molecule has 0 atom stereocenters. The third-order valence-electron chi connectivity index (χ3n) is 1.66. The molecule has 0 radical (unpaired) electrons. The van der Waals surface area contributed by atoms with Crippen LogP contribution in [0.4, 0.5) is 8.78 Å². The molecular formula is C10H14F2N2OS. The number of thiazole rings is 1. The number of rotatable bonds is 2. The van der Waals surface area contributed by atoms with Gasteiger partial charge in [-0.1, -0.05) is 0 Å². The molecule has 1 N–H and O–H groups in total. The van der Waals surface area contributed by atoms with Crippen LogP contribution in [0.1, 0.15) is 47.6 Å². The first-order valence-corrected chi connectivity index (χ1v) is 5.60. The molecule has 1 amide bonds. The number of halogens is 2. The van der Waals surface area contributed by atoms with E-state index < -0.39 is 23.6 Å². The van der Waals surface area contributed by atoms with Gasteiger partial charge in [-0.2, -0.15) is 0 Å². The van der Waals surface area contributed by atoms with Crippen molar-refractivity contribution in [1.82, 2.24) is 10.3 Å². The van der Waals surface area contributed by atoms with Crippen LogP contribution < -0.4 is 5.32 Å². The van der Waals surface area contributed by atoms with E-state index in [0.29, 0.717) is 5.01 Å². The molecule has 1 aromatic rings. The number of aryl methyl sites for hydroxylation is 1. The van der Waals surface area contributed by atoms with Gasteiger partial charge < -0.3 is 5.32 Å². The Hall–Kier alpha value is -1.04. The molecule has 0 aromatic carbocycles. The quantitative estimate of drug-likeness (QED) is 0.874. The topological polar surface area (TPSA) is 42.0 Å². The van der Waals surface area contributed by atoms with Gasteiger partial charge in [-0.25, -0.2) is 13.8 Å². The third-order valence-corrected chi connectivity index (χ3v) is 2.65. The summed E-state index contributed by atoms with van der Waals surface area (Å²) >= 11 is 0.988. The monoisotopic (exact) mass is 248 g/mol. The van der Waals surface area contributed by atoms with Crippen LogP contribution >= 0.6 is 11.3 Å². The van der Waals surface area contributed by atoms with Crippen LogP contribution in [0.3, 0.4) is 0 Å². The van der Waals surface area contributed by atoms with Gasteiger partial charge in [-0.15, -0.1) is 11.3 Å². The zero-order valence-electron chi connectivity index (χ0n) is 9.60. The van der Waals surface area contributed by atoms with Crippen molar-refractivity contribution in [1.29, 1.82) is 0 Å². The Morgan fingerprint density at radius 1 is 1.44 bits per heavy atom. The Balaban J connectivity index is 2.99. The zero-order chi connectivity index (χ0) is 12.5. The largest absolute Gasteiger partial charge is 0.347 e. The molecular weight excluding hydrogens is 234 g/mol. The summed E-state index contributed by atoms with van der Waals surface area (Å²) in [6.45, 7) is 6.98. The summed E-state index contributed by atoms with van der Waals surface area (Å²) in [5, 5.41) is 3.11.